The van der Waals surface area contributed by atoms with E-state index in [0.717, 1.165) is 31.2 Å². The maximum absolute atomic E-state index is 12.3. The monoisotopic (exact) mass is 364 g/mol. The van der Waals surface area contributed by atoms with Crippen LogP contribution in [0.1, 0.15) is 38.2 Å². The van der Waals surface area contributed by atoms with Gasteiger partial charge < -0.3 is 11.1 Å². The smallest absolute Gasteiger partial charge is 0.223 e. The van der Waals surface area contributed by atoms with Gasteiger partial charge in [-0.25, -0.2) is 0 Å². The fraction of sp³-hybridized carbons (Fsp3) is 0.562. The van der Waals surface area contributed by atoms with Gasteiger partial charge in [0.15, 0.2) is 0 Å². The Labute approximate surface area is 148 Å². The quantitative estimate of drug-likeness (QED) is 0.848. The maximum atomic E-state index is 12.3. The summed E-state index contributed by atoms with van der Waals surface area (Å²) in [6.07, 6.45) is 4.54. The summed E-state index contributed by atoms with van der Waals surface area (Å²) in [6, 6.07) is 5.96. The predicted molar refractivity (Wildman–Crippen MR) is 95.0 cm³/mol. The average molecular weight is 366 g/mol. The van der Waals surface area contributed by atoms with Crippen molar-refractivity contribution in [3.05, 3.63) is 33.8 Å². The standard InChI is InChI=1S/C16H22Cl2N2O.ClH/c1-10(8-11-2-3-12(17)9-15(11)18)16(21)20-14-6-4-13(19)5-7-14;/h2-3,9-10,13-14H,4-8,19H2,1H3,(H,20,21);1H. The second-order valence-corrected chi connectivity index (χ2v) is 6.80. The van der Waals surface area contributed by atoms with Crippen molar-refractivity contribution in [1.82, 2.24) is 5.32 Å². The van der Waals surface area contributed by atoms with E-state index in [9.17, 15) is 4.79 Å². The fourth-order valence-electron chi connectivity index (χ4n) is 2.72. The molecule has 6 heteroatoms. The van der Waals surface area contributed by atoms with E-state index in [0.29, 0.717) is 22.5 Å². The molecule has 0 bridgehead atoms. The molecule has 1 amide bonds. The number of nitrogens with two attached hydrogens (primary N) is 1. The van der Waals surface area contributed by atoms with Crippen LogP contribution in [-0.2, 0) is 11.2 Å². The molecule has 0 spiro atoms. The Morgan fingerprint density at radius 2 is 1.95 bits per heavy atom. The van der Waals surface area contributed by atoms with Gasteiger partial charge in [-0.15, -0.1) is 12.4 Å². The van der Waals surface area contributed by atoms with Crippen LogP contribution in [0.2, 0.25) is 10.0 Å². The summed E-state index contributed by atoms with van der Waals surface area (Å²) in [4.78, 5) is 12.3. The lowest BCUT2D eigenvalue weighted by Crippen LogP contribution is -2.42. The van der Waals surface area contributed by atoms with Crippen molar-refractivity contribution in [3.8, 4) is 0 Å². The summed E-state index contributed by atoms with van der Waals surface area (Å²) in [5.41, 5.74) is 6.83. The molecule has 1 atom stereocenters. The molecule has 1 aromatic rings. The number of rotatable bonds is 4. The summed E-state index contributed by atoms with van der Waals surface area (Å²) in [5, 5.41) is 4.35. The zero-order chi connectivity index (χ0) is 15.4. The molecule has 0 heterocycles. The molecule has 22 heavy (non-hydrogen) atoms. The minimum atomic E-state index is -0.112. The average Bonchev–Trinajstić information content (AvgIpc) is 2.44. The van der Waals surface area contributed by atoms with Gasteiger partial charge in [-0.2, -0.15) is 0 Å². The normalized spacial score (nSPS) is 22.5. The summed E-state index contributed by atoms with van der Waals surface area (Å²) in [6.45, 7) is 1.93. The molecular formula is C16H23Cl3N2O. The molecule has 1 aliphatic rings. The van der Waals surface area contributed by atoms with Gasteiger partial charge in [0.1, 0.15) is 0 Å². The third kappa shape index (κ3) is 5.62. The minimum Gasteiger partial charge on any atom is -0.353 e. The minimum absolute atomic E-state index is 0. The van der Waals surface area contributed by atoms with Crippen LogP contribution in [0.3, 0.4) is 0 Å². The highest BCUT2D eigenvalue weighted by Gasteiger charge is 2.22. The Bertz CT molecular complexity index is 502. The summed E-state index contributed by atoms with van der Waals surface area (Å²) >= 11 is 12.0. The van der Waals surface area contributed by atoms with Crippen LogP contribution in [0.25, 0.3) is 0 Å². The number of amides is 1. The molecule has 1 unspecified atom stereocenters. The van der Waals surface area contributed by atoms with Crippen molar-refractivity contribution in [3.63, 3.8) is 0 Å². The number of hydrogen-bond donors (Lipinski definition) is 2. The van der Waals surface area contributed by atoms with E-state index in [2.05, 4.69) is 5.32 Å². The van der Waals surface area contributed by atoms with Gasteiger partial charge in [-0.1, -0.05) is 36.2 Å². The lowest BCUT2D eigenvalue weighted by molar-refractivity contribution is -0.125. The van der Waals surface area contributed by atoms with Crippen LogP contribution in [0.5, 0.6) is 0 Å². The van der Waals surface area contributed by atoms with Crippen LogP contribution in [-0.4, -0.2) is 18.0 Å². The van der Waals surface area contributed by atoms with E-state index >= 15 is 0 Å². The molecule has 0 aromatic heterocycles. The highest BCUT2D eigenvalue weighted by Crippen LogP contribution is 2.24. The molecule has 2 rings (SSSR count). The van der Waals surface area contributed by atoms with Crippen LogP contribution < -0.4 is 11.1 Å². The number of carbonyl (C=O) groups is 1. The third-order valence-corrected chi connectivity index (χ3v) is 4.69. The van der Waals surface area contributed by atoms with Gasteiger partial charge >= 0.3 is 0 Å². The summed E-state index contributed by atoms with van der Waals surface area (Å²) in [7, 11) is 0. The zero-order valence-electron chi connectivity index (χ0n) is 12.6. The first kappa shape index (κ1) is 19.6. The third-order valence-electron chi connectivity index (χ3n) is 4.11. The van der Waals surface area contributed by atoms with Gasteiger partial charge in [0.25, 0.3) is 0 Å². The SMILES string of the molecule is CC(Cc1ccc(Cl)cc1Cl)C(=O)NC1CCC(N)CC1.Cl. The molecule has 3 nitrogen and oxygen atoms in total. The van der Waals surface area contributed by atoms with Gasteiger partial charge in [-0.3, -0.25) is 4.79 Å². The molecule has 0 saturated heterocycles. The van der Waals surface area contributed by atoms with Crippen molar-refractivity contribution in [2.75, 3.05) is 0 Å². The Morgan fingerprint density at radius 3 is 2.55 bits per heavy atom. The number of hydrogen-bond acceptors (Lipinski definition) is 2. The van der Waals surface area contributed by atoms with E-state index in [1.165, 1.54) is 0 Å². The molecule has 1 aromatic carbocycles. The molecule has 0 radical (unpaired) electrons. The largest absolute Gasteiger partial charge is 0.353 e. The highest BCUT2D eigenvalue weighted by atomic mass is 35.5. The maximum Gasteiger partial charge on any atom is 0.223 e. The van der Waals surface area contributed by atoms with Crippen molar-refractivity contribution < 1.29 is 4.79 Å². The molecule has 0 aliphatic heterocycles. The van der Waals surface area contributed by atoms with E-state index < -0.39 is 0 Å². The molecule has 1 aliphatic carbocycles. The van der Waals surface area contributed by atoms with Crippen molar-refractivity contribution in [2.24, 2.45) is 11.7 Å². The number of halogens is 3. The first-order valence-electron chi connectivity index (χ1n) is 7.45. The molecule has 1 fully saturated rings. The zero-order valence-corrected chi connectivity index (χ0v) is 15.0. The highest BCUT2D eigenvalue weighted by molar-refractivity contribution is 6.35. The van der Waals surface area contributed by atoms with Gasteiger partial charge in [0.2, 0.25) is 5.91 Å². The second kappa shape index (κ2) is 8.97. The molecule has 3 N–H and O–H groups in total. The molecule has 124 valence electrons. The summed E-state index contributed by atoms with van der Waals surface area (Å²) in [5.74, 6) is -0.0271. The Morgan fingerprint density at radius 1 is 1.32 bits per heavy atom. The number of carbonyl (C=O) groups excluding carboxylic acids is 1. The van der Waals surface area contributed by atoms with Gasteiger partial charge in [-0.05, 0) is 49.8 Å². The van der Waals surface area contributed by atoms with Crippen molar-refractivity contribution in [1.29, 1.82) is 0 Å². The lowest BCUT2D eigenvalue weighted by Gasteiger charge is -2.28. The fourth-order valence-corrected chi connectivity index (χ4v) is 3.20. The van der Waals surface area contributed by atoms with Crippen molar-refractivity contribution >= 4 is 41.5 Å². The van der Waals surface area contributed by atoms with E-state index in [1.807, 2.05) is 13.0 Å². The Kier molecular flexibility index (Phi) is 7.98. The van der Waals surface area contributed by atoms with Crippen LogP contribution in [0, 0.1) is 5.92 Å². The van der Waals surface area contributed by atoms with Crippen LogP contribution in [0.15, 0.2) is 18.2 Å². The van der Waals surface area contributed by atoms with Gasteiger partial charge in [0.05, 0.1) is 0 Å². The molecular weight excluding hydrogens is 343 g/mol. The van der Waals surface area contributed by atoms with E-state index in [4.69, 9.17) is 28.9 Å². The predicted octanol–water partition coefficient (Wildman–Crippen LogP) is 3.98. The number of nitrogens with one attached hydrogen (secondary N) is 1. The van der Waals surface area contributed by atoms with Crippen LogP contribution >= 0.6 is 35.6 Å². The van der Waals surface area contributed by atoms with Crippen molar-refractivity contribution in [2.45, 2.75) is 51.1 Å². The number of benzene rings is 1. The first-order chi connectivity index (χ1) is 9.95. The van der Waals surface area contributed by atoms with E-state index in [-0.39, 0.29) is 30.3 Å². The summed E-state index contributed by atoms with van der Waals surface area (Å²) < 4.78 is 0. The first-order valence-corrected chi connectivity index (χ1v) is 8.21. The second-order valence-electron chi connectivity index (χ2n) is 5.96. The van der Waals surface area contributed by atoms with Gasteiger partial charge in [0, 0.05) is 28.0 Å². The van der Waals surface area contributed by atoms with Crippen LogP contribution in [0.4, 0.5) is 0 Å². The van der Waals surface area contributed by atoms with E-state index in [1.54, 1.807) is 12.1 Å². The Hall–Kier alpha value is -0.480. The Balaban J connectivity index is 0.00000242. The topological polar surface area (TPSA) is 55.1 Å². The molecule has 1 saturated carbocycles. The lowest BCUT2D eigenvalue weighted by atomic mass is 9.91.